The minimum Gasteiger partial charge on any atom is -0.504 e. The van der Waals surface area contributed by atoms with Crippen molar-refractivity contribution in [2.75, 3.05) is 19.6 Å². The van der Waals surface area contributed by atoms with Gasteiger partial charge in [0.05, 0.1) is 22.4 Å². The van der Waals surface area contributed by atoms with Crippen LogP contribution in [0, 0.1) is 0 Å². The molecule has 0 radical (unpaired) electrons. The summed E-state index contributed by atoms with van der Waals surface area (Å²) in [6.07, 6.45) is 1.85. The maximum Gasteiger partial charge on any atom is 0.255 e. The first-order valence-electron chi connectivity index (χ1n) is 17.0. The summed E-state index contributed by atoms with van der Waals surface area (Å²) in [4.78, 5) is 63.4. The second-order valence-electron chi connectivity index (χ2n) is 12.3. The van der Waals surface area contributed by atoms with Gasteiger partial charge in [0.25, 0.3) is 17.7 Å². The lowest BCUT2D eigenvalue weighted by molar-refractivity contribution is -0.125. The van der Waals surface area contributed by atoms with Gasteiger partial charge in [-0.05, 0) is 74.9 Å². The lowest BCUT2D eigenvalue weighted by atomic mass is 9.74. The highest BCUT2D eigenvalue weighted by molar-refractivity contribution is 6.72. The van der Waals surface area contributed by atoms with Crippen molar-refractivity contribution in [1.82, 2.24) is 21.3 Å². The Kier molecular flexibility index (Phi) is 15.2. The van der Waals surface area contributed by atoms with Crippen molar-refractivity contribution < 1.29 is 54.6 Å². The first kappa shape index (κ1) is 40.5. The third-order valence-corrected chi connectivity index (χ3v) is 8.56. The van der Waals surface area contributed by atoms with E-state index in [4.69, 9.17) is 0 Å². The van der Waals surface area contributed by atoms with Gasteiger partial charge in [-0.3, -0.25) is 19.2 Å². The molecule has 0 aliphatic rings. The van der Waals surface area contributed by atoms with Gasteiger partial charge >= 0.3 is 0 Å². The smallest absolute Gasteiger partial charge is 0.255 e. The fraction of sp³-hybridized carbons (Fsp3) is 0.361. The summed E-state index contributed by atoms with van der Waals surface area (Å²) < 4.78 is 0. The Balaban J connectivity index is 1.76. The van der Waals surface area contributed by atoms with E-state index in [1.54, 1.807) is 6.82 Å². The lowest BCUT2D eigenvalue weighted by Gasteiger charge is -2.36. The SMILES string of the molecule is CBC(=O)CCC(=O)NC(CCCNC(=O)c1cccc(O)c1O)(CCCNC(=O)c1cccc(O)c1O)CCCNC(=O)c1cccc(O)c1O. The standard InChI is InChI=1S/C36H45BN4O11/c1-37-28(45)14-15-29(46)41-36(16-5-19-38-33(50)22-8-2-11-25(42)30(22)47,17-6-20-39-34(51)23-9-3-12-26(43)31(23)48)18-7-21-40-35(52)24-10-4-13-27(44)32(24)49/h2-4,8-13,37,42-44,47-49H,5-7,14-21H2,1H3,(H,38,50)(H,39,51)(H,40,52)(H,41,46). The number of aromatic hydroxyl groups is 6. The molecule has 0 fully saturated rings. The van der Waals surface area contributed by atoms with Crippen LogP contribution >= 0.6 is 0 Å². The molecule has 0 bridgehead atoms. The van der Waals surface area contributed by atoms with Crippen molar-refractivity contribution in [2.24, 2.45) is 0 Å². The monoisotopic (exact) mass is 720 g/mol. The van der Waals surface area contributed by atoms with E-state index in [9.17, 15) is 54.6 Å². The van der Waals surface area contributed by atoms with Gasteiger partial charge < -0.3 is 56.7 Å². The van der Waals surface area contributed by atoms with Crippen LogP contribution in [0.5, 0.6) is 34.5 Å². The average molecular weight is 721 g/mol. The predicted molar refractivity (Wildman–Crippen MR) is 192 cm³/mol. The number of nitrogens with one attached hydrogen (secondary N) is 4. The molecule has 0 spiro atoms. The molecule has 0 aliphatic heterocycles. The second-order valence-corrected chi connectivity index (χ2v) is 12.3. The summed E-state index contributed by atoms with van der Waals surface area (Å²) in [6, 6.07) is 12.0. The van der Waals surface area contributed by atoms with E-state index in [0.29, 0.717) is 38.5 Å². The number of carbonyl (C=O) groups is 5. The van der Waals surface area contributed by atoms with Gasteiger partial charge in [0.1, 0.15) is 0 Å². The largest absolute Gasteiger partial charge is 0.504 e. The topological polar surface area (TPSA) is 255 Å². The molecule has 0 aliphatic carbocycles. The number of hydrogen-bond donors (Lipinski definition) is 10. The number of phenolic OH excluding ortho intramolecular Hbond substituents is 6. The zero-order valence-corrected chi connectivity index (χ0v) is 28.9. The number of carbonyl (C=O) groups excluding carboxylic acids is 5. The number of rotatable bonds is 20. The molecular weight excluding hydrogens is 675 g/mol. The van der Waals surface area contributed by atoms with Crippen LogP contribution in [0.3, 0.4) is 0 Å². The highest BCUT2D eigenvalue weighted by atomic mass is 16.3. The van der Waals surface area contributed by atoms with E-state index >= 15 is 0 Å². The summed E-state index contributed by atoms with van der Waals surface area (Å²) in [5, 5.41) is 70.7. The van der Waals surface area contributed by atoms with E-state index in [1.165, 1.54) is 54.6 Å². The molecule has 3 rings (SSSR count). The van der Waals surface area contributed by atoms with Gasteiger partial charge in [-0.25, -0.2) is 0 Å². The molecule has 0 saturated heterocycles. The minimum atomic E-state index is -0.958. The predicted octanol–water partition coefficient (Wildman–Crippen LogP) is 2.50. The fourth-order valence-electron chi connectivity index (χ4n) is 5.67. The zero-order valence-electron chi connectivity index (χ0n) is 28.9. The third-order valence-electron chi connectivity index (χ3n) is 8.56. The molecule has 3 aromatic rings. The quantitative estimate of drug-likeness (QED) is 0.0461. The van der Waals surface area contributed by atoms with Gasteiger partial charge in [0.2, 0.25) is 13.2 Å². The summed E-state index contributed by atoms with van der Waals surface area (Å²) in [7, 11) is 0.274. The Hall–Kier alpha value is -5.93. The second kappa shape index (κ2) is 19.5. The van der Waals surface area contributed by atoms with Crippen LogP contribution in [0.2, 0.25) is 6.82 Å². The lowest BCUT2D eigenvalue weighted by Crippen LogP contribution is -2.50. The number of para-hydroxylation sites is 3. The molecule has 10 N–H and O–H groups in total. The number of benzene rings is 3. The minimum absolute atomic E-state index is 0.0365. The molecule has 3 aromatic carbocycles. The van der Waals surface area contributed by atoms with E-state index < -0.39 is 63.7 Å². The molecule has 15 nitrogen and oxygen atoms in total. The van der Waals surface area contributed by atoms with Crippen molar-refractivity contribution in [3.05, 3.63) is 71.3 Å². The molecule has 0 saturated carbocycles. The van der Waals surface area contributed by atoms with Gasteiger partial charge in [-0.1, -0.05) is 25.0 Å². The van der Waals surface area contributed by atoms with Gasteiger partial charge in [-0.15, -0.1) is 0 Å². The average Bonchev–Trinajstić information content (AvgIpc) is 3.12. The maximum absolute atomic E-state index is 13.2. The van der Waals surface area contributed by atoms with Crippen molar-refractivity contribution in [3.63, 3.8) is 0 Å². The van der Waals surface area contributed by atoms with Gasteiger partial charge in [-0.2, -0.15) is 0 Å². The molecule has 0 unspecified atom stereocenters. The normalized spacial score (nSPS) is 10.9. The van der Waals surface area contributed by atoms with E-state index in [1.807, 2.05) is 0 Å². The van der Waals surface area contributed by atoms with Gasteiger partial charge in [0.15, 0.2) is 34.5 Å². The molecule has 278 valence electrons. The van der Waals surface area contributed by atoms with Crippen molar-refractivity contribution in [2.45, 2.75) is 63.7 Å². The highest BCUT2D eigenvalue weighted by Gasteiger charge is 2.31. The molecule has 4 amide bonds. The van der Waals surface area contributed by atoms with E-state index in [0.717, 1.165) is 0 Å². The molecule has 0 atom stereocenters. The fourth-order valence-corrected chi connectivity index (χ4v) is 5.67. The van der Waals surface area contributed by atoms with E-state index in [-0.39, 0.29) is 62.1 Å². The maximum atomic E-state index is 13.2. The van der Waals surface area contributed by atoms with Gasteiger partial charge in [0, 0.05) is 38.0 Å². The number of hydrogen-bond acceptors (Lipinski definition) is 11. The zero-order chi connectivity index (χ0) is 38.3. The first-order valence-corrected chi connectivity index (χ1v) is 17.0. The van der Waals surface area contributed by atoms with Crippen LogP contribution in [0.4, 0.5) is 0 Å². The Bertz CT molecular complexity index is 1580. The molecular formula is C36H45BN4O11. The molecule has 0 aromatic heterocycles. The highest BCUT2D eigenvalue weighted by Crippen LogP contribution is 2.31. The van der Waals surface area contributed by atoms with E-state index in [2.05, 4.69) is 21.3 Å². The van der Waals surface area contributed by atoms with Crippen LogP contribution in [0.25, 0.3) is 0 Å². The van der Waals surface area contributed by atoms with Crippen LogP contribution in [-0.2, 0) is 9.59 Å². The Labute approximate surface area is 301 Å². The Morgan fingerprint density at radius 1 is 0.558 bits per heavy atom. The summed E-state index contributed by atoms with van der Waals surface area (Å²) in [6.45, 7) is 2.04. The number of amides is 4. The summed E-state index contributed by atoms with van der Waals surface area (Å²) in [5.74, 6) is -5.32. The third kappa shape index (κ3) is 11.6. The first-order chi connectivity index (χ1) is 24.8. The Morgan fingerprint density at radius 3 is 1.23 bits per heavy atom. The van der Waals surface area contributed by atoms with Crippen LogP contribution in [0.1, 0.15) is 82.4 Å². The molecule has 52 heavy (non-hydrogen) atoms. The van der Waals surface area contributed by atoms with Crippen molar-refractivity contribution in [3.8, 4) is 34.5 Å². The van der Waals surface area contributed by atoms with Crippen LogP contribution < -0.4 is 21.3 Å². The summed E-state index contributed by atoms with van der Waals surface area (Å²) >= 11 is 0. The van der Waals surface area contributed by atoms with Crippen molar-refractivity contribution >= 4 is 36.6 Å². The molecule has 0 heterocycles. The van der Waals surface area contributed by atoms with Crippen molar-refractivity contribution in [1.29, 1.82) is 0 Å². The number of phenols is 6. The van der Waals surface area contributed by atoms with Crippen LogP contribution in [0.15, 0.2) is 54.6 Å². The summed E-state index contributed by atoms with van der Waals surface area (Å²) in [5.41, 5.74) is -1.42. The Morgan fingerprint density at radius 2 is 0.904 bits per heavy atom. The van der Waals surface area contributed by atoms with Crippen LogP contribution in [-0.4, -0.2) is 92.4 Å². The molecule has 16 heteroatoms.